The summed E-state index contributed by atoms with van der Waals surface area (Å²) >= 11 is 0. The zero-order chi connectivity index (χ0) is 13.9. The number of aromatic amines is 1. The van der Waals surface area contributed by atoms with E-state index in [1.165, 1.54) is 0 Å². The van der Waals surface area contributed by atoms with Crippen LogP contribution >= 0.6 is 0 Å². The van der Waals surface area contributed by atoms with Crippen LogP contribution in [0.5, 0.6) is 0 Å². The number of piperidine rings is 1. The van der Waals surface area contributed by atoms with Crippen molar-refractivity contribution in [3.63, 3.8) is 0 Å². The van der Waals surface area contributed by atoms with Gasteiger partial charge in [0, 0.05) is 19.4 Å². The molecular formula is C12H20N4O3. The second-order valence-electron chi connectivity index (χ2n) is 5.14. The van der Waals surface area contributed by atoms with E-state index in [0.717, 1.165) is 5.82 Å². The zero-order valence-electron chi connectivity index (χ0n) is 11.1. The fourth-order valence-electron chi connectivity index (χ4n) is 2.33. The number of likely N-dealkylation sites (tertiary alicyclic amines) is 1. The third kappa shape index (κ3) is 3.51. The monoisotopic (exact) mass is 268 g/mol. The summed E-state index contributed by atoms with van der Waals surface area (Å²) in [6.45, 7) is 2.34. The molecule has 0 aromatic carbocycles. The van der Waals surface area contributed by atoms with Gasteiger partial charge in [0.2, 0.25) is 5.91 Å². The van der Waals surface area contributed by atoms with E-state index >= 15 is 0 Å². The first-order chi connectivity index (χ1) is 9.02. The molecule has 1 fully saturated rings. The van der Waals surface area contributed by atoms with E-state index in [1.807, 2.05) is 6.92 Å². The normalized spacial score (nSPS) is 23.6. The van der Waals surface area contributed by atoms with Gasteiger partial charge in [0.1, 0.15) is 11.4 Å². The second-order valence-corrected chi connectivity index (χ2v) is 5.14. The molecule has 1 aromatic heterocycles. The fourth-order valence-corrected chi connectivity index (χ4v) is 2.33. The molecule has 2 rings (SSSR count). The molecule has 0 spiro atoms. The van der Waals surface area contributed by atoms with Crippen molar-refractivity contribution in [3.05, 3.63) is 11.6 Å². The van der Waals surface area contributed by atoms with Gasteiger partial charge in [-0.25, -0.2) is 4.98 Å². The summed E-state index contributed by atoms with van der Waals surface area (Å²) in [5.41, 5.74) is -1.14. The van der Waals surface area contributed by atoms with E-state index < -0.39 is 5.60 Å². The molecule has 7 nitrogen and oxygen atoms in total. The number of rotatable bonds is 4. The Labute approximate surface area is 111 Å². The van der Waals surface area contributed by atoms with Crippen LogP contribution in [0.4, 0.5) is 0 Å². The summed E-state index contributed by atoms with van der Waals surface area (Å²) in [6, 6.07) is 0. The third-order valence-corrected chi connectivity index (χ3v) is 3.41. The van der Waals surface area contributed by atoms with E-state index in [9.17, 15) is 9.90 Å². The fraction of sp³-hybridized carbons (Fsp3) is 0.750. The van der Waals surface area contributed by atoms with Crippen molar-refractivity contribution in [2.24, 2.45) is 0 Å². The number of hydrogen-bond donors (Lipinski definition) is 3. The average molecular weight is 268 g/mol. The predicted molar refractivity (Wildman–Crippen MR) is 67.3 cm³/mol. The van der Waals surface area contributed by atoms with Crippen molar-refractivity contribution in [2.45, 2.75) is 38.2 Å². The number of aromatic nitrogens is 3. The Kier molecular flexibility index (Phi) is 4.16. The van der Waals surface area contributed by atoms with E-state index in [0.29, 0.717) is 38.1 Å². The Bertz CT molecular complexity index is 448. The molecule has 106 valence electrons. The van der Waals surface area contributed by atoms with Gasteiger partial charge in [0.15, 0.2) is 5.82 Å². The number of amides is 1. The molecule has 0 aliphatic carbocycles. The summed E-state index contributed by atoms with van der Waals surface area (Å²) in [5.74, 6) is 1.32. The highest BCUT2D eigenvalue weighted by Crippen LogP contribution is 2.21. The molecule has 1 aliphatic heterocycles. The first kappa shape index (κ1) is 14.0. The molecule has 0 saturated carbocycles. The lowest BCUT2D eigenvalue weighted by molar-refractivity contribution is -0.140. The van der Waals surface area contributed by atoms with Crippen molar-refractivity contribution in [3.8, 4) is 0 Å². The summed E-state index contributed by atoms with van der Waals surface area (Å²) in [7, 11) is 0. The first-order valence-corrected chi connectivity index (χ1v) is 6.51. The van der Waals surface area contributed by atoms with Crippen LogP contribution in [0.1, 0.15) is 30.9 Å². The van der Waals surface area contributed by atoms with Gasteiger partial charge in [-0.2, -0.15) is 5.10 Å². The molecule has 0 radical (unpaired) electrons. The highest BCUT2D eigenvalue weighted by molar-refractivity contribution is 5.76. The molecule has 1 amide bonds. The minimum Gasteiger partial charge on any atom is -0.393 e. The van der Waals surface area contributed by atoms with Crippen molar-refractivity contribution < 1.29 is 15.0 Å². The van der Waals surface area contributed by atoms with Crippen molar-refractivity contribution in [1.82, 2.24) is 20.1 Å². The lowest BCUT2D eigenvalue weighted by Crippen LogP contribution is -2.52. The average Bonchev–Trinajstić information content (AvgIpc) is 2.82. The van der Waals surface area contributed by atoms with Crippen LogP contribution in [0.2, 0.25) is 0 Å². The topological polar surface area (TPSA) is 102 Å². The summed E-state index contributed by atoms with van der Waals surface area (Å²) in [5, 5.41) is 25.9. The number of nitrogens with zero attached hydrogens (tertiary/aromatic N) is 3. The van der Waals surface area contributed by atoms with Crippen molar-refractivity contribution in [1.29, 1.82) is 0 Å². The number of carbonyl (C=O) groups is 1. The SMILES string of the molecule is Cc1nc(CCC(=O)N2CCCC(O)(CO)C2)n[nH]1. The largest absolute Gasteiger partial charge is 0.393 e. The highest BCUT2D eigenvalue weighted by atomic mass is 16.3. The quantitative estimate of drug-likeness (QED) is 0.676. The third-order valence-electron chi connectivity index (χ3n) is 3.41. The van der Waals surface area contributed by atoms with Gasteiger partial charge in [0.05, 0.1) is 13.2 Å². The molecule has 7 heteroatoms. The summed E-state index contributed by atoms with van der Waals surface area (Å²) in [6.07, 6.45) is 2.05. The Balaban J connectivity index is 1.86. The van der Waals surface area contributed by atoms with Gasteiger partial charge in [-0.15, -0.1) is 0 Å². The molecule has 1 aliphatic rings. The maximum absolute atomic E-state index is 12.0. The Morgan fingerprint density at radius 1 is 1.58 bits per heavy atom. The molecule has 2 heterocycles. The number of aliphatic hydroxyl groups is 2. The van der Waals surface area contributed by atoms with Crippen LogP contribution in [0, 0.1) is 6.92 Å². The van der Waals surface area contributed by atoms with E-state index in [-0.39, 0.29) is 19.1 Å². The molecular weight excluding hydrogens is 248 g/mol. The molecule has 1 aromatic rings. The van der Waals surface area contributed by atoms with Gasteiger partial charge in [-0.1, -0.05) is 0 Å². The van der Waals surface area contributed by atoms with Crippen LogP contribution in [0.25, 0.3) is 0 Å². The zero-order valence-corrected chi connectivity index (χ0v) is 11.1. The molecule has 1 unspecified atom stereocenters. The number of aliphatic hydroxyl groups excluding tert-OH is 1. The number of nitrogens with one attached hydrogen (secondary N) is 1. The second kappa shape index (κ2) is 5.66. The molecule has 3 N–H and O–H groups in total. The number of aryl methyl sites for hydroxylation is 2. The van der Waals surface area contributed by atoms with Crippen LogP contribution in [-0.4, -0.2) is 61.5 Å². The molecule has 1 saturated heterocycles. The number of hydrogen-bond acceptors (Lipinski definition) is 5. The van der Waals surface area contributed by atoms with Gasteiger partial charge in [-0.3, -0.25) is 9.89 Å². The van der Waals surface area contributed by atoms with E-state index in [2.05, 4.69) is 15.2 Å². The van der Waals surface area contributed by atoms with Gasteiger partial charge < -0.3 is 15.1 Å². The standard InChI is InChI=1S/C12H20N4O3/c1-9-13-10(15-14-9)3-4-11(18)16-6-2-5-12(19,7-16)8-17/h17,19H,2-8H2,1H3,(H,13,14,15). The first-order valence-electron chi connectivity index (χ1n) is 6.51. The molecule has 0 bridgehead atoms. The number of H-pyrrole nitrogens is 1. The van der Waals surface area contributed by atoms with Crippen LogP contribution in [0.15, 0.2) is 0 Å². The van der Waals surface area contributed by atoms with Gasteiger partial charge in [-0.05, 0) is 19.8 Å². The minimum absolute atomic E-state index is 0.0333. The van der Waals surface area contributed by atoms with Gasteiger partial charge in [0.25, 0.3) is 0 Å². The molecule has 1 atom stereocenters. The van der Waals surface area contributed by atoms with Gasteiger partial charge >= 0.3 is 0 Å². The maximum Gasteiger partial charge on any atom is 0.223 e. The van der Waals surface area contributed by atoms with Crippen molar-refractivity contribution >= 4 is 5.91 Å². The van der Waals surface area contributed by atoms with Crippen LogP contribution < -0.4 is 0 Å². The maximum atomic E-state index is 12.0. The lowest BCUT2D eigenvalue weighted by atomic mass is 9.93. The van der Waals surface area contributed by atoms with Crippen LogP contribution in [-0.2, 0) is 11.2 Å². The van der Waals surface area contributed by atoms with Crippen LogP contribution in [0.3, 0.4) is 0 Å². The molecule has 19 heavy (non-hydrogen) atoms. The summed E-state index contributed by atoms with van der Waals surface area (Å²) in [4.78, 5) is 17.8. The Morgan fingerprint density at radius 3 is 3.00 bits per heavy atom. The number of β-amino-alcohol motifs (C(OH)–C–C–N with tert-alkyl or cyclic N) is 1. The Hall–Kier alpha value is -1.47. The van der Waals surface area contributed by atoms with E-state index in [4.69, 9.17) is 5.11 Å². The summed E-state index contributed by atoms with van der Waals surface area (Å²) < 4.78 is 0. The highest BCUT2D eigenvalue weighted by Gasteiger charge is 2.34. The lowest BCUT2D eigenvalue weighted by Gasteiger charge is -2.38. The van der Waals surface area contributed by atoms with E-state index in [1.54, 1.807) is 4.90 Å². The number of carbonyl (C=O) groups excluding carboxylic acids is 1. The minimum atomic E-state index is -1.14. The predicted octanol–water partition coefficient (Wildman–Crippen LogP) is -0.608. The van der Waals surface area contributed by atoms with Crippen molar-refractivity contribution in [2.75, 3.05) is 19.7 Å². The smallest absolute Gasteiger partial charge is 0.223 e. The Morgan fingerprint density at radius 2 is 2.37 bits per heavy atom.